The minimum Gasteiger partial charge on any atom is -0.496 e. The molecule has 0 atom stereocenters. The zero-order valence-electron chi connectivity index (χ0n) is 13.7. The fraction of sp³-hybridized carbons (Fsp3) is 0.333. The van der Waals surface area contributed by atoms with Crippen LogP contribution >= 0.6 is 11.3 Å². The van der Waals surface area contributed by atoms with Crippen LogP contribution in [0.1, 0.15) is 23.3 Å². The smallest absolute Gasteiger partial charge is 0.231 e. The molecular formula is C18H18N2O3S. The Morgan fingerprint density at radius 1 is 0.917 bits per heavy atom. The second-order valence-corrected chi connectivity index (χ2v) is 6.80. The van der Waals surface area contributed by atoms with Crippen LogP contribution in [0.25, 0.3) is 10.2 Å². The highest BCUT2D eigenvalue weighted by atomic mass is 32.1. The summed E-state index contributed by atoms with van der Waals surface area (Å²) in [6.45, 7) is 0. The summed E-state index contributed by atoms with van der Waals surface area (Å²) in [4.78, 5) is 11.2. The van der Waals surface area contributed by atoms with Crippen LogP contribution in [0.3, 0.4) is 0 Å². The molecule has 2 heterocycles. The van der Waals surface area contributed by atoms with Crippen LogP contribution in [0.2, 0.25) is 0 Å². The third-order valence-electron chi connectivity index (χ3n) is 4.26. The zero-order valence-corrected chi connectivity index (χ0v) is 14.5. The molecule has 0 unspecified atom stereocenters. The van der Waals surface area contributed by atoms with E-state index in [2.05, 4.69) is 9.97 Å². The van der Waals surface area contributed by atoms with E-state index in [-0.39, 0.29) is 0 Å². The molecule has 1 aromatic carbocycles. The molecule has 0 radical (unpaired) electrons. The van der Waals surface area contributed by atoms with Gasteiger partial charge >= 0.3 is 0 Å². The van der Waals surface area contributed by atoms with Crippen LogP contribution in [-0.2, 0) is 12.8 Å². The molecule has 0 bridgehead atoms. The number of aryl methyl sites for hydroxylation is 2. The summed E-state index contributed by atoms with van der Waals surface area (Å²) < 4.78 is 16.7. The second kappa shape index (κ2) is 6.28. The quantitative estimate of drug-likeness (QED) is 0.704. The van der Waals surface area contributed by atoms with Crippen molar-refractivity contribution >= 4 is 21.6 Å². The van der Waals surface area contributed by atoms with Crippen molar-refractivity contribution in [3.8, 4) is 23.1 Å². The van der Waals surface area contributed by atoms with E-state index < -0.39 is 0 Å². The molecule has 1 aliphatic carbocycles. The van der Waals surface area contributed by atoms with E-state index in [1.807, 2.05) is 18.2 Å². The average Bonchev–Trinajstić information content (AvgIpc) is 3.01. The number of thiophene rings is 1. The van der Waals surface area contributed by atoms with Gasteiger partial charge in [-0.25, -0.2) is 9.97 Å². The first-order chi connectivity index (χ1) is 11.8. The first kappa shape index (κ1) is 15.2. The summed E-state index contributed by atoms with van der Waals surface area (Å²) in [5.41, 5.74) is 1.35. The summed E-state index contributed by atoms with van der Waals surface area (Å²) in [5, 5.41) is 1.05. The van der Waals surface area contributed by atoms with Gasteiger partial charge in [0.15, 0.2) is 0 Å². The number of fused-ring (bicyclic) bond motifs is 3. The van der Waals surface area contributed by atoms with Crippen LogP contribution < -0.4 is 14.2 Å². The van der Waals surface area contributed by atoms with Gasteiger partial charge in [-0.1, -0.05) is 0 Å². The molecule has 0 spiro atoms. The Morgan fingerprint density at radius 3 is 2.38 bits per heavy atom. The molecule has 1 aliphatic rings. The Bertz CT molecular complexity index is 869. The minimum absolute atomic E-state index is 0.606. The largest absolute Gasteiger partial charge is 0.496 e. The Morgan fingerprint density at radius 2 is 1.62 bits per heavy atom. The molecule has 0 N–H and O–H groups in total. The predicted molar refractivity (Wildman–Crippen MR) is 93.7 cm³/mol. The van der Waals surface area contributed by atoms with Gasteiger partial charge in [0.05, 0.1) is 19.6 Å². The maximum absolute atomic E-state index is 6.10. The van der Waals surface area contributed by atoms with E-state index in [1.165, 1.54) is 23.3 Å². The maximum Gasteiger partial charge on any atom is 0.231 e. The van der Waals surface area contributed by atoms with Gasteiger partial charge in [-0.2, -0.15) is 0 Å². The first-order valence-corrected chi connectivity index (χ1v) is 8.76. The average molecular weight is 342 g/mol. The van der Waals surface area contributed by atoms with Crippen molar-refractivity contribution < 1.29 is 14.2 Å². The van der Waals surface area contributed by atoms with E-state index in [0.29, 0.717) is 23.1 Å². The molecule has 0 saturated carbocycles. The van der Waals surface area contributed by atoms with Crippen molar-refractivity contribution in [3.05, 3.63) is 35.0 Å². The molecule has 2 aromatic heterocycles. The molecule has 6 heteroatoms. The number of aromatic nitrogens is 2. The third kappa shape index (κ3) is 2.67. The lowest BCUT2D eigenvalue weighted by Gasteiger charge is -2.13. The van der Waals surface area contributed by atoms with Crippen molar-refractivity contribution in [2.24, 2.45) is 0 Å². The SMILES string of the molecule is COc1cc(OC)cc(Oc2ncnc3sc4c(c23)CCCC4)c1. The Labute approximate surface area is 144 Å². The summed E-state index contributed by atoms with van der Waals surface area (Å²) in [7, 11) is 3.24. The number of ether oxygens (including phenoxy) is 3. The van der Waals surface area contributed by atoms with Crippen LogP contribution in [0, 0.1) is 0 Å². The number of nitrogens with zero attached hydrogens (tertiary/aromatic N) is 2. The topological polar surface area (TPSA) is 53.5 Å². The van der Waals surface area contributed by atoms with E-state index in [0.717, 1.165) is 23.1 Å². The minimum atomic E-state index is 0.606. The Hall–Kier alpha value is -2.34. The Balaban J connectivity index is 1.79. The normalized spacial score (nSPS) is 13.6. The highest BCUT2D eigenvalue weighted by Crippen LogP contribution is 2.40. The van der Waals surface area contributed by atoms with Crippen molar-refractivity contribution in [2.75, 3.05) is 14.2 Å². The van der Waals surface area contributed by atoms with Gasteiger partial charge < -0.3 is 14.2 Å². The monoisotopic (exact) mass is 342 g/mol. The molecular weight excluding hydrogens is 324 g/mol. The van der Waals surface area contributed by atoms with Gasteiger partial charge in [0.25, 0.3) is 0 Å². The van der Waals surface area contributed by atoms with Gasteiger partial charge in [0, 0.05) is 23.1 Å². The second-order valence-electron chi connectivity index (χ2n) is 5.72. The molecule has 124 valence electrons. The fourth-order valence-corrected chi connectivity index (χ4v) is 4.31. The molecule has 24 heavy (non-hydrogen) atoms. The lowest BCUT2D eigenvalue weighted by atomic mass is 9.97. The highest BCUT2D eigenvalue weighted by molar-refractivity contribution is 7.18. The molecule has 0 fully saturated rings. The van der Waals surface area contributed by atoms with Crippen LogP contribution in [0.15, 0.2) is 24.5 Å². The van der Waals surface area contributed by atoms with Crippen molar-refractivity contribution in [1.82, 2.24) is 9.97 Å². The van der Waals surface area contributed by atoms with Gasteiger partial charge in [0.1, 0.15) is 28.4 Å². The fourth-order valence-electron chi connectivity index (χ4n) is 3.09. The maximum atomic E-state index is 6.10. The number of hydrogen-bond donors (Lipinski definition) is 0. The molecule has 0 aliphatic heterocycles. The lowest BCUT2D eigenvalue weighted by Crippen LogP contribution is -1.99. The van der Waals surface area contributed by atoms with Gasteiger partial charge in [-0.05, 0) is 31.2 Å². The third-order valence-corrected chi connectivity index (χ3v) is 5.46. The first-order valence-electron chi connectivity index (χ1n) is 7.94. The van der Waals surface area contributed by atoms with E-state index >= 15 is 0 Å². The zero-order chi connectivity index (χ0) is 16.5. The van der Waals surface area contributed by atoms with E-state index in [4.69, 9.17) is 14.2 Å². The lowest BCUT2D eigenvalue weighted by molar-refractivity contribution is 0.385. The molecule has 5 nitrogen and oxygen atoms in total. The number of methoxy groups -OCH3 is 2. The van der Waals surface area contributed by atoms with Crippen LogP contribution in [0.4, 0.5) is 0 Å². The van der Waals surface area contributed by atoms with E-state index in [9.17, 15) is 0 Å². The van der Waals surface area contributed by atoms with Gasteiger partial charge in [-0.3, -0.25) is 0 Å². The standard InChI is InChI=1S/C18H18N2O3S/c1-21-11-7-12(22-2)9-13(8-11)23-17-16-14-5-3-4-6-15(14)24-18(16)20-10-19-17/h7-10H,3-6H2,1-2H3. The van der Waals surface area contributed by atoms with Crippen molar-refractivity contribution in [1.29, 1.82) is 0 Å². The van der Waals surface area contributed by atoms with Crippen LogP contribution in [0.5, 0.6) is 23.1 Å². The molecule has 3 aromatic rings. The highest BCUT2D eigenvalue weighted by Gasteiger charge is 2.21. The molecule has 0 saturated heterocycles. The van der Waals surface area contributed by atoms with Crippen molar-refractivity contribution in [3.63, 3.8) is 0 Å². The summed E-state index contributed by atoms with van der Waals surface area (Å²) >= 11 is 1.76. The summed E-state index contributed by atoms with van der Waals surface area (Å²) in [6.07, 6.45) is 6.22. The number of benzene rings is 1. The summed E-state index contributed by atoms with van der Waals surface area (Å²) in [5.74, 6) is 2.61. The Kier molecular flexibility index (Phi) is 3.98. The van der Waals surface area contributed by atoms with E-state index in [1.54, 1.807) is 31.9 Å². The predicted octanol–water partition coefficient (Wildman–Crippen LogP) is 4.38. The number of hydrogen-bond acceptors (Lipinski definition) is 6. The molecule has 0 amide bonds. The van der Waals surface area contributed by atoms with Crippen LogP contribution in [-0.4, -0.2) is 24.2 Å². The van der Waals surface area contributed by atoms with Crippen molar-refractivity contribution in [2.45, 2.75) is 25.7 Å². The number of rotatable bonds is 4. The van der Waals surface area contributed by atoms with Gasteiger partial charge in [-0.15, -0.1) is 11.3 Å². The summed E-state index contributed by atoms with van der Waals surface area (Å²) in [6, 6.07) is 5.47. The van der Waals surface area contributed by atoms with Gasteiger partial charge in [0.2, 0.25) is 5.88 Å². The molecule has 4 rings (SSSR count).